The number of carbonyl (C=O) groups is 2. The molecule has 1 unspecified atom stereocenters. The molecule has 1 saturated carbocycles. The van der Waals surface area contributed by atoms with Crippen molar-refractivity contribution in [2.24, 2.45) is 11.3 Å². The van der Waals surface area contributed by atoms with Gasteiger partial charge in [0.2, 0.25) is 0 Å². The lowest BCUT2D eigenvalue weighted by Crippen LogP contribution is -2.30. The first-order valence-corrected chi connectivity index (χ1v) is 7.27. The number of carbonyl (C=O) groups excluding carboxylic acids is 2. The van der Waals surface area contributed by atoms with Gasteiger partial charge in [0.25, 0.3) is 0 Å². The number of esters is 2. The number of rotatable bonds is 4. The third-order valence-electron chi connectivity index (χ3n) is 3.81. The monoisotopic (exact) mass is 306 g/mol. The van der Waals surface area contributed by atoms with Crippen LogP contribution in [0.15, 0.2) is 24.3 Å². The van der Waals surface area contributed by atoms with Gasteiger partial charge in [-0.25, -0.2) is 0 Å². The Labute approximate surface area is 130 Å². The Kier molecular flexibility index (Phi) is 4.18. The van der Waals surface area contributed by atoms with Crippen molar-refractivity contribution in [2.75, 3.05) is 7.11 Å². The molecule has 0 aliphatic heterocycles. The summed E-state index contributed by atoms with van der Waals surface area (Å²) in [6.07, 6.45) is 0.819. The van der Waals surface area contributed by atoms with E-state index < -0.39 is 22.9 Å². The Morgan fingerprint density at radius 2 is 1.86 bits per heavy atom. The van der Waals surface area contributed by atoms with Gasteiger partial charge in [-0.2, -0.15) is 0 Å². The van der Waals surface area contributed by atoms with Gasteiger partial charge in [0.1, 0.15) is 11.4 Å². The predicted octanol–water partition coefficient (Wildman–Crippen LogP) is 2.46. The first-order chi connectivity index (χ1) is 10.2. The molecule has 2 rings (SSSR count). The minimum absolute atomic E-state index is 0.162. The second kappa shape index (κ2) is 5.63. The SMILES string of the molecule is COC(=O)[C@@]1(Cc2ccc(O)cc2)CC1C(=O)OC(C)(C)C. The van der Waals surface area contributed by atoms with Gasteiger partial charge in [0.05, 0.1) is 18.4 Å². The van der Waals surface area contributed by atoms with E-state index >= 15 is 0 Å². The van der Waals surface area contributed by atoms with Gasteiger partial charge in [-0.3, -0.25) is 9.59 Å². The summed E-state index contributed by atoms with van der Waals surface area (Å²) in [5.41, 5.74) is -0.567. The fourth-order valence-electron chi connectivity index (χ4n) is 2.66. The summed E-state index contributed by atoms with van der Waals surface area (Å²) < 4.78 is 10.3. The van der Waals surface area contributed by atoms with Crippen molar-refractivity contribution in [3.63, 3.8) is 0 Å². The van der Waals surface area contributed by atoms with E-state index in [1.54, 1.807) is 45.0 Å². The molecule has 5 heteroatoms. The number of methoxy groups -OCH3 is 1. The fraction of sp³-hybridized carbons (Fsp3) is 0.529. The van der Waals surface area contributed by atoms with Gasteiger partial charge in [-0.1, -0.05) is 12.1 Å². The van der Waals surface area contributed by atoms with E-state index in [9.17, 15) is 14.7 Å². The molecule has 0 bridgehead atoms. The molecule has 0 spiro atoms. The number of benzene rings is 1. The maximum atomic E-state index is 12.2. The molecule has 0 heterocycles. The van der Waals surface area contributed by atoms with Gasteiger partial charge >= 0.3 is 11.9 Å². The first kappa shape index (κ1) is 16.3. The van der Waals surface area contributed by atoms with Crippen molar-refractivity contribution in [3.05, 3.63) is 29.8 Å². The summed E-state index contributed by atoms with van der Waals surface area (Å²) in [7, 11) is 1.32. The summed E-state index contributed by atoms with van der Waals surface area (Å²) in [4.78, 5) is 24.4. The Bertz CT molecular complexity index is 570. The molecule has 0 radical (unpaired) electrons. The Morgan fingerprint density at radius 3 is 2.36 bits per heavy atom. The number of phenols is 1. The number of ether oxygens (including phenoxy) is 2. The molecular formula is C17H22O5. The van der Waals surface area contributed by atoms with Crippen LogP contribution in [-0.4, -0.2) is 29.8 Å². The molecule has 0 saturated heterocycles. The number of aromatic hydroxyl groups is 1. The van der Waals surface area contributed by atoms with Crippen molar-refractivity contribution in [1.29, 1.82) is 0 Å². The van der Waals surface area contributed by atoms with E-state index in [1.807, 2.05) is 0 Å². The second-order valence-corrected chi connectivity index (χ2v) is 6.78. The largest absolute Gasteiger partial charge is 0.508 e. The summed E-state index contributed by atoms with van der Waals surface area (Å²) in [6.45, 7) is 5.40. The van der Waals surface area contributed by atoms with Crippen molar-refractivity contribution in [3.8, 4) is 5.75 Å². The van der Waals surface area contributed by atoms with E-state index in [2.05, 4.69) is 0 Å². The van der Waals surface area contributed by atoms with Crippen molar-refractivity contribution >= 4 is 11.9 Å². The van der Waals surface area contributed by atoms with E-state index in [0.29, 0.717) is 12.8 Å². The molecule has 120 valence electrons. The molecule has 1 aromatic rings. The zero-order valence-electron chi connectivity index (χ0n) is 13.4. The lowest BCUT2D eigenvalue weighted by molar-refractivity contribution is -0.161. The van der Waals surface area contributed by atoms with Crippen LogP contribution in [0.1, 0.15) is 32.8 Å². The molecule has 0 amide bonds. The average Bonchev–Trinajstić information content (AvgIpc) is 3.14. The van der Waals surface area contributed by atoms with E-state index in [4.69, 9.17) is 9.47 Å². The summed E-state index contributed by atoms with van der Waals surface area (Å²) in [5, 5.41) is 9.33. The number of hydrogen-bond donors (Lipinski definition) is 1. The molecule has 1 aliphatic carbocycles. The van der Waals surface area contributed by atoms with Crippen LogP contribution < -0.4 is 0 Å². The highest BCUT2D eigenvalue weighted by molar-refractivity contribution is 5.91. The quantitative estimate of drug-likeness (QED) is 0.865. The standard InChI is InChI=1S/C17H22O5/c1-16(2,3)22-14(19)13-10-17(13,15(20)21-4)9-11-5-7-12(18)8-6-11/h5-8,13,18H,9-10H2,1-4H3/t13?,17-/m0/s1. The lowest BCUT2D eigenvalue weighted by atomic mass is 9.93. The van der Waals surface area contributed by atoms with Crippen LogP contribution in [0.3, 0.4) is 0 Å². The smallest absolute Gasteiger partial charge is 0.313 e. The highest BCUT2D eigenvalue weighted by Crippen LogP contribution is 2.56. The van der Waals surface area contributed by atoms with Crippen LogP contribution in [0, 0.1) is 11.3 Å². The highest BCUT2D eigenvalue weighted by atomic mass is 16.6. The number of hydrogen-bond acceptors (Lipinski definition) is 5. The van der Waals surface area contributed by atoms with Crippen LogP contribution in [0.25, 0.3) is 0 Å². The molecule has 1 aromatic carbocycles. The van der Waals surface area contributed by atoms with Gasteiger partial charge < -0.3 is 14.6 Å². The third-order valence-corrected chi connectivity index (χ3v) is 3.81. The van der Waals surface area contributed by atoms with Crippen LogP contribution in [0.2, 0.25) is 0 Å². The maximum Gasteiger partial charge on any atom is 0.313 e. The maximum absolute atomic E-state index is 12.2. The molecule has 1 N–H and O–H groups in total. The van der Waals surface area contributed by atoms with Gasteiger partial charge in [0, 0.05) is 0 Å². The van der Waals surface area contributed by atoms with Crippen LogP contribution in [0.4, 0.5) is 0 Å². The zero-order chi connectivity index (χ0) is 16.5. The zero-order valence-corrected chi connectivity index (χ0v) is 13.4. The second-order valence-electron chi connectivity index (χ2n) is 6.78. The van der Waals surface area contributed by atoms with Crippen molar-refractivity contribution in [1.82, 2.24) is 0 Å². The van der Waals surface area contributed by atoms with Gasteiger partial charge in [-0.05, 0) is 51.3 Å². The third kappa shape index (κ3) is 3.40. The Hall–Kier alpha value is -2.04. The molecule has 1 aliphatic rings. The Balaban J connectivity index is 2.16. The summed E-state index contributed by atoms with van der Waals surface area (Å²) in [5.74, 6) is -1.07. The van der Waals surface area contributed by atoms with Crippen molar-refractivity contribution < 1.29 is 24.2 Å². The molecular weight excluding hydrogens is 284 g/mol. The normalized spacial score (nSPS) is 23.7. The predicted molar refractivity (Wildman–Crippen MR) is 80.2 cm³/mol. The van der Waals surface area contributed by atoms with Crippen LogP contribution in [0.5, 0.6) is 5.75 Å². The van der Waals surface area contributed by atoms with E-state index in [0.717, 1.165) is 5.56 Å². The highest BCUT2D eigenvalue weighted by Gasteiger charge is 2.65. The van der Waals surface area contributed by atoms with Crippen LogP contribution >= 0.6 is 0 Å². The first-order valence-electron chi connectivity index (χ1n) is 7.27. The van der Waals surface area contributed by atoms with Crippen molar-refractivity contribution in [2.45, 2.75) is 39.2 Å². The lowest BCUT2D eigenvalue weighted by Gasteiger charge is -2.21. The molecule has 1 fully saturated rings. The Morgan fingerprint density at radius 1 is 1.27 bits per heavy atom. The van der Waals surface area contributed by atoms with Gasteiger partial charge in [-0.15, -0.1) is 0 Å². The molecule has 5 nitrogen and oxygen atoms in total. The minimum atomic E-state index is -0.853. The fourth-order valence-corrected chi connectivity index (χ4v) is 2.66. The topological polar surface area (TPSA) is 72.8 Å². The average molecular weight is 306 g/mol. The molecule has 22 heavy (non-hydrogen) atoms. The summed E-state index contributed by atoms with van der Waals surface area (Å²) >= 11 is 0. The summed E-state index contributed by atoms with van der Waals surface area (Å²) in [6, 6.07) is 6.60. The van der Waals surface area contributed by atoms with Gasteiger partial charge in [0.15, 0.2) is 0 Å². The minimum Gasteiger partial charge on any atom is -0.508 e. The van der Waals surface area contributed by atoms with E-state index in [-0.39, 0.29) is 11.7 Å². The van der Waals surface area contributed by atoms with E-state index in [1.165, 1.54) is 7.11 Å². The molecule has 2 atom stereocenters. The van der Waals surface area contributed by atoms with Crippen LogP contribution in [-0.2, 0) is 25.5 Å². The molecule has 0 aromatic heterocycles. The number of phenolic OH excluding ortho intramolecular Hbond substituents is 1.